The van der Waals surface area contributed by atoms with Crippen LogP contribution in [-0.2, 0) is 14.4 Å². The van der Waals surface area contributed by atoms with Gasteiger partial charge < -0.3 is 10.0 Å². The quantitative estimate of drug-likeness (QED) is 0.513. The van der Waals surface area contributed by atoms with E-state index in [1.165, 1.54) is 46.7 Å². The second-order valence-electron chi connectivity index (χ2n) is 7.30. The van der Waals surface area contributed by atoms with Gasteiger partial charge in [-0.05, 0) is 19.1 Å². The summed E-state index contributed by atoms with van der Waals surface area (Å²) in [7, 11) is 0. The molecule has 0 saturated carbocycles. The molecule has 2 saturated heterocycles. The predicted octanol–water partition coefficient (Wildman–Crippen LogP) is 2.35. The van der Waals surface area contributed by atoms with Gasteiger partial charge in [-0.1, -0.05) is 41.3 Å². The number of β-lactam (4-membered cyclic amide) rings is 1. The molecule has 1 aromatic heterocycles. The van der Waals surface area contributed by atoms with Gasteiger partial charge in [0, 0.05) is 30.7 Å². The van der Waals surface area contributed by atoms with Crippen LogP contribution >= 0.6 is 34.9 Å². The number of carboxylic acids is 1. The van der Waals surface area contributed by atoms with Crippen LogP contribution in [0.25, 0.3) is 0 Å². The summed E-state index contributed by atoms with van der Waals surface area (Å²) in [6.45, 7) is 3.42. The molecule has 0 aliphatic carbocycles. The number of hydrogen-bond acceptors (Lipinski definition) is 8. The normalized spacial score (nSPS) is 25.4. The summed E-state index contributed by atoms with van der Waals surface area (Å²) in [5.74, 6) is -0.686. The van der Waals surface area contributed by atoms with Crippen molar-refractivity contribution >= 4 is 58.3 Å². The van der Waals surface area contributed by atoms with Crippen LogP contribution in [0.4, 0.5) is 5.69 Å². The van der Waals surface area contributed by atoms with E-state index in [1.807, 2.05) is 25.1 Å². The average molecular weight is 465 g/mol. The third kappa shape index (κ3) is 3.69. The summed E-state index contributed by atoms with van der Waals surface area (Å²) >= 11 is 4.21. The van der Waals surface area contributed by atoms with Crippen molar-refractivity contribution in [3.05, 3.63) is 35.3 Å². The fourth-order valence-electron chi connectivity index (χ4n) is 3.65. The molecule has 2 unspecified atom stereocenters. The number of carboxylic acid groups (broad SMARTS) is 1. The highest BCUT2D eigenvalue weighted by atomic mass is 32.2. The van der Waals surface area contributed by atoms with Crippen molar-refractivity contribution < 1.29 is 19.5 Å². The Bertz CT molecular complexity index is 985. The van der Waals surface area contributed by atoms with Crippen LogP contribution in [0.3, 0.4) is 0 Å². The molecule has 30 heavy (non-hydrogen) atoms. The van der Waals surface area contributed by atoms with Crippen LogP contribution in [0.15, 0.2) is 34.7 Å². The van der Waals surface area contributed by atoms with Gasteiger partial charge in [-0.15, -0.1) is 22.0 Å². The standard InChI is InChI=1S/C19H20N4O4S3/c1-11-20-21-18(30-11)29-10-19(17(26)27)8-22-15(25)14(16(22)28-9-19)23(12(2)24)13-6-4-3-5-7-13/h3-7,14,16H,8-10H2,1-2H3,(H,26,27)/t14?,16-,19?/m1/s1. The number of para-hydroxylation sites is 1. The van der Waals surface area contributed by atoms with Gasteiger partial charge in [-0.2, -0.15) is 0 Å². The molecule has 0 bridgehead atoms. The Balaban J connectivity index is 1.51. The van der Waals surface area contributed by atoms with E-state index in [-0.39, 0.29) is 23.7 Å². The van der Waals surface area contributed by atoms with E-state index >= 15 is 0 Å². The Morgan fingerprint density at radius 1 is 1.33 bits per heavy atom. The number of aromatic nitrogens is 2. The second kappa shape index (κ2) is 8.20. The van der Waals surface area contributed by atoms with Crippen molar-refractivity contribution in [2.75, 3.05) is 23.0 Å². The zero-order chi connectivity index (χ0) is 21.5. The minimum absolute atomic E-state index is 0.126. The van der Waals surface area contributed by atoms with E-state index in [0.717, 1.165) is 9.35 Å². The van der Waals surface area contributed by atoms with Crippen LogP contribution in [0.1, 0.15) is 11.9 Å². The average Bonchev–Trinajstić information content (AvgIpc) is 3.15. The fourth-order valence-corrected chi connectivity index (χ4v) is 7.37. The minimum Gasteiger partial charge on any atom is -0.481 e. The zero-order valence-electron chi connectivity index (χ0n) is 16.3. The van der Waals surface area contributed by atoms with E-state index in [9.17, 15) is 19.5 Å². The lowest BCUT2D eigenvalue weighted by molar-refractivity contribution is -0.156. The molecule has 1 aromatic carbocycles. The van der Waals surface area contributed by atoms with Crippen LogP contribution < -0.4 is 4.90 Å². The van der Waals surface area contributed by atoms with Gasteiger partial charge in [-0.25, -0.2) is 0 Å². The summed E-state index contributed by atoms with van der Waals surface area (Å²) in [4.78, 5) is 40.6. The Kier molecular flexibility index (Phi) is 5.78. The molecule has 2 aliphatic heterocycles. The molecule has 2 aliphatic rings. The van der Waals surface area contributed by atoms with Crippen LogP contribution in [-0.4, -0.2) is 67.5 Å². The van der Waals surface area contributed by atoms with Crippen molar-refractivity contribution in [3.8, 4) is 0 Å². The Morgan fingerprint density at radius 2 is 2.07 bits per heavy atom. The Labute approximate surface area is 186 Å². The first-order chi connectivity index (χ1) is 14.3. The van der Waals surface area contributed by atoms with Gasteiger partial charge in [0.05, 0.1) is 0 Å². The smallest absolute Gasteiger partial charge is 0.313 e. The van der Waals surface area contributed by atoms with Gasteiger partial charge in [0.2, 0.25) is 11.8 Å². The van der Waals surface area contributed by atoms with Gasteiger partial charge in [0.25, 0.3) is 0 Å². The molecule has 4 rings (SSSR count). The first-order valence-corrected chi connectivity index (χ1v) is 12.1. The fraction of sp³-hybridized carbons (Fsp3) is 0.421. The summed E-state index contributed by atoms with van der Waals surface area (Å²) in [5, 5.41) is 18.6. The SMILES string of the molecule is CC(=O)N(c1ccccc1)C1C(=O)N2CC(CSc3nnc(C)s3)(C(=O)O)CS[C@H]12. The first kappa shape index (κ1) is 21.1. The number of hydrogen-bond donors (Lipinski definition) is 1. The number of carbonyl (C=O) groups excluding carboxylic acids is 2. The largest absolute Gasteiger partial charge is 0.481 e. The van der Waals surface area contributed by atoms with Crippen molar-refractivity contribution in [1.29, 1.82) is 0 Å². The number of carbonyl (C=O) groups is 3. The predicted molar refractivity (Wildman–Crippen MR) is 117 cm³/mol. The summed E-state index contributed by atoms with van der Waals surface area (Å²) in [6, 6.07) is 8.48. The molecule has 0 radical (unpaired) electrons. The number of amides is 2. The van der Waals surface area contributed by atoms with Crippen LogP contribution in [0.5, 0.6) is 0 Å². The third-order valence-electron chi connectivity index (χ3n) is 5.20. The highest BCUT2D eigenvalue weighted by Crippen LogP contribution is 2.46. The highest BCUT2D eigenvalue weighted by molar-refractivity contribution is 8.01. The number of nitrogens with zero attached hydrogens (tertiary/aromatic N) is 4. The molecule has 3 atom stereocenters. The van der Waals surface area contributed by atoms with Crippen molar-refractivity contribution in [2.45, 2.75) is 29.6 Å². The van der Waals surface area contributed by atoms with Gasteiger partial charge in [0.1, 0.15) is 21.8 Å². The van der Waals surface area contributed by atoms with Crippen LogP contribution in [0.2, 0.25) is 0 Å². The molecule has 2 aromatic rings. The van der Waals surface area contributed by atoms with Crippen LogP contribution in [0, 0.1) is 12.3 Å². The number of aryl methyl sites for hydroxylation is 1. The topological polar surface area (TPSA) is 104 Å². The summed E-state index contributed by atoms with van der Waals surface area (Å²) in [6.07, 6.45) is 0. The van der Waals surface area contributed by atoms with E-state index in [2.05, 4.69) is 10.2 Å². The third-order valence-corrected chi connectivity index (χ3v) is 9.04. The monoisotopic (exact) mass is 464 g/mol. The molecule has 2 amide bonds. The Morgan fingerprint density at radius 3 is 2.67 bits per heavy atom. The number of aliphatic carboxylic acids is 1. The zero-order valence-corrected chi connectivity index (χ0v) is 18.8. The molecule has 0 spiro atoms. The van der Waals surface area contributed by atoms with E-state index in [0.29, 0.717) is 17.2 Å². The molecule has 3 heterocycles. The van der Waals surface area contributed by atoms with Crippen molar-refractivity contribution in [3.63, 3.8) is 0 Å². The maximum Gasteiger partial charge on any atom is 0.313 e. The van der Waals surface area contributed by atoms with Gasteiger partial charge >= 0.3 is 5.97 Å². The lowest BCUT2D eigenvalue weighted by atomic mass is 9.89. The highest BCUT2D eigenvalue weighted by Gasteiger charge is 2.59. The Hall–Kier alpha value is -2.11. The number of fused-ring (bicyclic) bond motifs is 1. The van der Waals surface area contributed by atoms with Gasteiger partial charge in [-0.3, -0.25) is 19.3 Å². The second-order valence-corrected chi connectivity index (χ2v) is 10.8. The molecule has 158 valence electrons. The number of thioether (sulfide) groups is 2. The number of rotatable bonds is 6. The lowest BCUT2D eigenvalue weighted by Crippen LogP contribution is -2.74. The number of anilines is 1. The minimum atomic E-state index is -1.07. The summed E-state index contributed by atoms with van der Waals surface area (Å²) < 4.78 is 0.722. The summed E-state index contributed by atoms with van der Waals surface area (Å²) in [5.41, 5.74) is -0.402. The molecule has 8 nitrogen and oxygen atoms in total. The van der Waals surface area contributed by atoms with E-state index in [1.54, 1.807) is 17.0 Å². The van der Waals surface area contributed by atoms with Crippen molar-refractivity contribution in [1.82, 2.24) is 15.1 Å². The van der Waals surface area contributed by atoms with Crippen molar-refractivity contribution in [2.24, 2.45) is 5.41 Å². The molecule has 2 fully saturated rings. The lowest BCUT2D eigenvalue weighted by Gasteiger charge is -2.56. The molecular formula is C19H20N4O4S3. The maximum absolute atomic E-state index is 13.0. The van der Waals surface area contributed by atoms with Gasteiger partial charge in [0.15, 0.2) is 4.34 Å². The number of benzene rings is 1. The molecular weight excluding hydrogens is 444 g/mol. The maximum atomic E-state index is 13.0. The molecule has 11 heteroatoms. The van der Waals surface area contributed by atoms with E-state index < -0.39 is 17.4 Å². The first-order valence-electron chi connectivity index (χ1n) is 9.26. The molecule has 1 N–H and O–H groups in total. The van der Waals surface area contributed by atoms with E-state index in [4.69, 9.17) is 0 Å².